The van der Waals surface area contributed by atoms with Gasteiger partial charge in [0.25, 0.3) is 0 Å². The predicted molar refractivity (Wildman–Crippen MR) is 55.3 cm³/mol. The minimum absolute atomic E-state index is 0.0873. The zero-order chi connectivity index (χ0) is 10.1. The van der Waals surface area contributed by atoms with Gasteiger partial charge >= 0.3 is 0 Å². The number of rotatable bonds is 7. The van der Waals surface area contributed by atoms with E-state index in [-0.39, 0.29) is 5.91 Å². The maximum absolute atomic E-state index is 11.4. The van der Waals surface area contributed by atoms with E-state index in [0.29, 0.717) is 26.1 Å². The third-order valence-electron chi connectivity index (χ3n) is 1.66. The number of hydrogen-bond donors (Lipinski definition) is 1. The first-order chi connectivity index (χ1) is 6.26. The van der Waals surface area contributed by atoms with Gasteiger partial charge in [-0.3, -0.25) is 4.79 Å². The number of nitrogens with zero attached hydrogens (tertiary/aromatic N) is 1. The third kappa shape index (κ3) is 5.20. The van der Waals surface area contributed by atoms with E-state index in [2.05, 4.69) is 13.2 Å². The molecule has 13 heavy (non-hydrogen) atoms. The summed E-state index contributed by atoms with van der Waals surface area (Å²) in [6, 6.07) is 0. The Balaban J connectivity index is 3.97. The van der Waals surface area contributed by atoms with Gasteiger partial charge in [-0.1, -0.05) is 12.2 Å². The molecule has 0 heterocycles. The number of amides is 1. The van der Waals surface area contributed by atoms with Crippen LogP contribution in [0.4, 0.5) is 0 Å². The molecule has 0 aromatic rings. The summed E-state index contributed by atoms with van der Waals surface area (Å²) in [5.41, 5.74) is 5.30. The van der Waals surface area contributed by atoms with Crippen LogP contribution in [0.15, 0.2) is 25.3 Å². The number of nitrogens with two attached hydrogens (primary N) is 1. The van der Waals surface area contributed by atoms with Crippen molar-refractivity contribution in [3.8, 4) is 0 Å². The Morgan fingerprint density at radius 1 is 1.38 bits per heavy atom. The van der Waals surface area contributed by atoms with Gasteiger partial charge in [-0.2, -0.15) is 0 Å². The van der Waals surface area contributed by atoms with Crippen LogP contribution in [0, 0.1) is 0 Å². The Hall–Kier alpha value is -1.09. The topological polar surface area (TPSA) is 46.3 Å². The molecule has 3 heteroatoms. The highest BCUT2D eigenvalue weighted by molar-refractivity contribution is 5.76. The molecule has 3 nitrogen and oxygen atoms in total. The van der Waals surface area contributed by atoms with E-state index in [4.69, 9.17) is 5.73 Å². The van der Waals surface area contributed by atoms with Crippen molar-refractivity contribution in [2.24, 2.45) is 5.73 Å². The molecule has 0 radical (unpaired) electrons. The van der Waals surface area contributed by atoms with Crippen molar-refractivity contribution in [2.75, 3.05) is 19.6 Å². The van der Waals surface area contributed by atoms with E-state index in [1.807, 2.05) is 0 Å². The predicted octanol–water partition coefficient (Wildman–Crippen LogP) is 0.926. The lowest BCUT2D eigenvalue weighted by Gasteiger charge is -2.19. The second kappa shape index (κ2) is 7.55. The van der Waals surface area contributed by atoms with Gasteiger partial charge in [-0.15, -0.1) is 13.2 Å². The van der Waals surface area contributed by atoms with E-state index < -0.39 is 0 Å². The number of hydrogen-bond acceptors (Lipinski definition) is 2. The molecule has 0 saturated heterocycles. The van der Waals surface area contributed by atoms with Crippen molar-refractivity contribution in [2.45, 2.75) is 12.8 Å². The van der Waals surface area contributed by atoms with E-state index in [1.165, 1.54) is 0 Å². The minimum Gasteiger partial charge on any atom is -0.339 e. The summed E-state index contributed by atoms with van der Waals surface area (Å²) >= 11 is 0. The van der Waals surface area contributed by atoms with Crippen LogP contribution >= 0.6 is 0 Å². The smallest absolute Gasteiger partial charge is 0.224 e. The van der Waals surface area contributed by atoms with Crippen molar-refractivity contribution in [3.63, 3.8) is 0 Å². The van der Waals surface area contributed by atoms with Crippen molar-refractivity contribution in [1.29, 1.82) is 0 Å². The fraction of sp³-hybridized carbons (Fsp3) is 0.500. The third-order valence-corrected chi connectivity index (χ3v) is 1.66. The summed E-state index contributed by atoms with van der Waals surface area (Å²) in [5.74, 6) is 0.0873. The summed E-state index contributed by atoms with van der Waals surface area (Å²) in [5, 5.41) is 0. The molecule has 0 rings (SSSR count). The summed E-state index contributed by atoms with van der Waals surface area (Å²) in [6.45, 7) is 8.91. The van der Waals surface area contributed by atoms with Gasteiger partial charge in [0.05, 0.1) is 0 Å². The normalized spacial score (nSPS) is 9.31. The molecule has 2 N–H and O–H groups in total. The molecule has 0 fully saturated rings. The van der Waals surface area contributed by atoms with Crippen LogP contribution in [0.5, 0.6) is 0 Å². The second-order valence-corrected chi connectivity index (χ2v) is 2.74. The second-order valence-electron chi connectivity index (χ2n) is 2.74. The first-order valence-electron chi connectivity index (χ1n) is 4.45. The van der Waals surface area contributed by atoms with Gasteiger partial charge in [-0.05, 0) is 6.42 Å². The van der Waals surface area contributed by atoms with Gasteiger partial charge in [0.1, 0.15) is 0 Å². The first-order valence-corrected chi connectivity index (χ1v) is 4.45. The van der Waals surface area contributed by atoms with Crippen molar-refractivity contribution in [3.05, 3.63) is 25.3 Å². The fourth-order valence-corrected chi connectivity index (χ4v) is 1.00. The molecular weight excluding hydrogens is 164 g/mol. The average Bonchev–Trinajstić information content (AvgIpc) is 2.12. The molecular formula is C10H18N2O. The van der Waals surface area contributed by atoms with Crippen LogP contribution < -0.4 is 5.73 Å². The fourth-order valence-electron chi connectivity index (χ4n) is 1.00. The molecule has 0 aromatic carbocycles. The quantitative estimate of drug-likeness (QED) is 0.595. The molecule has 74 valence electrons. The van der Waals surface area contributed by atoms with Crippen molar-refractivity contribution < 1.29 is 4.79 Å². The summed E-state index contributed by atoms with van der Waals surface area (Å²) in [6.07, 6.45) is 4.73. The van der Waals surface area contributed by atoms with Crippen LogP contribution in [0.2, 0.25) is 0 Å². The largest absolute Gasteiger partial charge is 0.339 e. The molecule has 0 aliphatic rings. The van der Waals surface area contributed by atoms with Crippen LogP contribution in [-0.2, 0) is 4.79 Å². The molecule has 1 amide bonds. The van der Waals surface area contributed by atoms with Crippen LogP contribution in [0.1, 0.15) is 12.8 Å². The molecule has 0 bridgehead atoms. The summed E-state index contributed by atoms with van der Waals surface area (Å²) in [4.78, 5) is 13.1. The van der Waals surface area contributed by atoms with Crippen molar-refractivity contribution in [1.82, 2.24) is 4.90 Å². The van der Waals surface area contributed by atoms with Crippen LogP contribution in [-0.4, -0.2) is 30.4 Å². The lowest BCUT2D eigenvalue weighted by atomic mass is 10.3. The monoisotopic (exact) mass is 182 g/mol. The molecule has 0 unspecified atom stereocenters. The SMILES string of the molecule is C=CCCN(CC=C)C(=O)CCN. The zero-order valence-corrected chi connectivity index (χ0v) is 8.04. The Morgan fingerprint density at radius 2 is 2.08 bits per heavy atom. The number of carbonyl (C=O) groups is 1. The van der Waals surface area contributed by atoms with Crippen molar-refractivity contribution >= 4 is 5.91 Å². The number of carbonyl (C=O) groups excluding carboxylic acids is 1. The van der Waals surface area contributed by atoms with E-state index >= 15 is 0 Å². The molecule has 0 spiro atoms. The van der Waals surface area contributed by atoms with Gasteiger partial charge in [0.2, 0.25) is 5.91 Å². The Morgan fingerprint density at radius 3 is 2.54 bits per heavy atom. The molecule has 0 aliphatic carbocycles. The van der Waals surface area contributed by atoms with E-state index in [1.54, 1.807) is 17.1 Å². The molecule has 0 atom stereocenters. The first kappa shape index (κ1) is 11.9. The molecule has 0 aromatic heterocycles. The van der Waals surface area contributed by atoms with Gasteiger partial charge in [0, 0.05) is 26.1 Å². The van der Waals surface area contributed by atoms with E-state index in [9.17, 15) is 4.79 Å². The maximum Gasteiger partial charge on any atom is 0.224 e. The standard InChI is InChI=1S/C10H18N2O/c1-3-5-9-12(8-4-2)10(13)6-7-11/h3-4H,1-2,5-9,11H2. The lowest BCUT2D eigenvalue weighted by Crippen LogP contribution is -2.33. The van der Waals surface area contributed by atoms with E-state index in [0.717, 1.165) is 6.42 Å². The minimum atomic E-state index is 0.0873. The van der Waals surface area contributed by atoms with Crippen LogP contribution in [0.3, 0.4) is 0 Å². The highest BCUT2D eigenvalue weighted by atomic mass is 16.2. The van der Waals surface area contributed by atoms with Gasteiger partial charge in [0.15, 0.2) is 0 Å². The zero-order valence-electron chi connectivity index (χ0n) is 8.04. The van der Waals surface area contributed by atoms with Gasteiger partial charge < -0.3 is 10.6 Å². The molecule has 0 aliphatic heterocycles. The Kier molecular flexibility index (Phi) is 6.92. The average molecular weight is 182 g/mol. The molecule has 0 saturated carbocycles. The Labute approximate surface area is 79.9 Å². The summed E-state index contributed by atoms with van der Waals surface area (Å²) in [7, 11) is 0. The van der Waals surface area contributed by atoms with Gasteiger partial charge in [-0.25, -0.2) is 0 Å². The lowest BCUT2D eigenvalue weighted by molar-refractivity contribution is -0.130. The highest BCUT2D eigenvalue weighted by Gasteiger charge is 2.08. The van der Waals surface area contributed by atoms with Crippen LogP contribution in [0.25, 0.3) is 0 Å². The maximum atomic E-state index is 11.4. The Bertz CT molecular complexity index is 178. The highest BCUT2D eigenvalue weighted by Crippen LogP contribution is 1.96. The summed E-state index contributed by atoms with van der Waals surface area (Å²) < 4.78 is 0.